The molecule has 1 aliphatic rings. The first-order chi connectivity index (χ1) is 7.62. The molecule has 17 heavy (non-hydrogen) atoms. The first-order valence-electron chi connectivity index (χ1n) is 6.24. The maximum Gasteiger partial charge on any atom is 0.153 e. The molecule has 1 heterocycles. The van der Waals surface area contributed by atoms with E-state index in [1.807, 2.05) is 27.7 Å². The number of hydrogen-bond acceptors (Lipinski definition) is 4. The third-order valence-corrected chi connectivity index (χ3v) is 5.29. The Bertz CT molecular complexity index is 345. The molecule has 0 aromatic carbocycles. The van der Waals surface area contributed by atoms with Crippen LogP contribution in [0.15, 0.2) is 0 Å². The van der Waals surface area contributed by atoms with Crippen molar-refractivity contribution in [3.63, 3.8) is 0 Å². The first kappa shape index (κ1) is 14.9. The highest BCUT2D eigenvalue weighted by Gasteiger charge is 2.29. The Hall–Kier alpha value is -0.130. The summed E-state index contributed by atoms with van der Waals surface area (Å²) in [7, 11) is -2.84. The number of aliphatic hydroxyl groups excluding tert-OH is 1. The summed E-state index contributed by atoms with van der Waals surface area (Å²) in [6, 6.07) is 0.0703. The summed E-state index contributed by atoms with van der Waals surface area (Å²) in [4.78, 5) is 2.16. The minimum absolute atomic E-state index is 0.0703. The molecular formula is C12H25NO3S. The van der Waals surface area contributed by atoms with Crippen LogP contribution in [0, 0.1) is 5.41 Å². The normalized spacial score (nSPS) is 27.9. The summed E-state index contributed by atoms with van der Waals surface area (Å²) < 4.78 is 22.9. The molecule has 4 nitrogen and oxygen atoms in total. The molecule has 0 spiro atoms. The summed E-state index contributed by atoms with van der Waals surface area (Å²) in [6.45, 7) is 9.36. The molecule has 0 aliphatic carbocycles. The molecule has 1 aliphatic heterocycles. The van der Waals surface area contributed by atoms with Crippen molar-refractivity contribution in [2.45, 2.75) is 46.3 Å². The van der Waals surface area contributed by atoms with Crippen LogP contribution in [0.3, 0.4) is 0 Å². The molecule has 0 amide bonds. The topological polar surface area (TPSA) is 57.6 Å². The zero-order chi connectivity index (χ0) is 13.3. The third-order valence-electron chi connectivity index (χ3n) is 3.50. The minimum atomic E-state index is -2.84. The molecule has 0 aromatic heterocycles. The van der Waals surface area contributed by atoms with Crippen LogP contribution >= 0.6 is 0 Å². The van der Waals surface area contributed by atoms with Crippen molar-refractivity contribution in [1.82, 2.24) is 4.90 Å². The van der Waals surface area contributed by atoms with Crippen LogP contribution in [0.2, 0.25) is 0 Å². The third kappa shape index (κ3) is 4.56. The SMILES string of the molecule is CC1CS(=O)(=O)CCN1CCC(O)C(C)(C)C. The lowest BCUT2D eigenvalue weighted by atomic mass is 9.87. The lowest BCUT2D eigenvalue weighted by molar-refractivity contribution is 0.0427. The van der Waals surface area contributed by atoms with E-state index in [-0.39, 0.29) is 29.1 Å². The molecule has 1 saturated heterocycles. The summed E-state index contributed by atoms with van der Waals surface area (Å²) in [6.07, 6.45) is 0.363. The number of aliphatic hydroxyl groups is 1. The Labute approximate surface area is 105 Å². The highest BCUT2D eigenvalue weighted by atomic mass is 32.2. The van der Waals surface area contributed by atoms with Crippen LogP contribution in [0.4, 0.5) is 0 Å². The maximum atomic E-state index is 11.4. The predicted molar refractivity (Wildman–Crippen MR) is 69.8 cm³/mol. The average Bonchev–Trinajstić information content (AvgIpc) is 2.13. The molecule has 5 heteroatoms. The number of sulfone groups is 1. The first-order valence-corrected chi connectivity index (χ1v) is 8.06. The van der Waals surface area contributed by atoms with Crippen molar-refractivity contribution in [3.05, 3.63) is 0 Å². The molecule has 2 atom stereocenters. The van der Waals surface area contributed by atoms with Gasteiger partial charge in [-0.2, -0.15) is 0 Å². The van der Waals surface area contributed by atoms with Gasteiger partial charge in [0.25, 0.3) is 0 Å². The van der Waals surface area contributed by atoms with E-state index in [0.29, 0.717) is 13.0 Å². The van der Waals surface area contributed by atoms with E-state index in [1.54, 1.807) is 0 Å². The highest BCUT2D eigenvalue weighted by Crippen LogP contribution is 2.22. The Balaban J connectivity index is 2.44. The quantitative estimate of drug-likeness (QED) is 0.822. The zero-order valence-corrected chi connectivity index (χ0v) is 12.1. The summed E-state index contributed by atoms with van der Waals surface area (Å²) in [5.41, 5.74) is -0.106. The minimum Gasteiger partial charge on any atom is -0.393 e. The second-order valence-corrected chi connectivity index (χ2v) is 8.40. The van der Waals surface area contributed by atoms with Crippen molar-refractivity contribution >= 4 is 9.84 Å². The lowest BCUT2D eigenvalue weighted by Gasteiger charge is -2.35. The van der Waals surface area contributed by atoms with Gasteiger partial charge in [-0.25, -0.2) is 8.42 Å². The van der Waals surface area contributed by atoms with Crippen molar-refractivity contribution in [1.29, 1.82) is 0 Å². The lowest BCUT2D eigenvalue weighted by Crippen LogP contribution is -2.48. The molecule has 102 valence electrons. The monoisotopic (exact) mass is 263 g/mol. The zero-order valence-electron chi connectivity index (χ0n) is 11.3. The average molecular weight is 263 g/mol. The Kier molecular flexibility index (Phi) is 4.60. The van der Waals surface area contributed by atoms with Gasteiger partial charge in [0.2, 0.25) is 0 Å². The Morgan fingerprint density at radius 3 is 2.47 bits per heavy atom. The standard InChI is InChI=1S/C12H25NO3S/c1-10-9-17(15,16)8-7-13(10)6-5-11(14)12(2,3)4/h10-11,14H,5-9H2,1-4H3. The highest BCUT2D eigenvalue weighted by molar-refractivity contribution is 7.91. The second-order valence-electron chi connectivity index (χ2n) is 6.17. The van der Waals surface area contributed by atoms with E-state index in [9.17, 15) is 13.5 Å². The van der Waals surface area contributed by atoms with E-state index in [4.69, 9.17) is 0 Å². The molecule has 1 fully saturated rings. The fourth-order valence-electron chi connectivity index (χ4n) is 2.09. The van der Waals surface area contributed by atoms with Crippen LogP contribution in [-0.4, -0.2) is 55.2 Å². The van der Waals surface area contributed by atoms with Gasteiger partial charge in [0.15, 0.2) is 9.84 Å². The second kappa shape index (κ2) is 5.24. The van der Waals surface area contributed by atoms with Crippen LogP contribution < -0.4 is 0 Å². The van der Waals surface area contributed by atoms with Gasteiger partial charge in [-0.05, 0) is 18.8 Å². The number of rotatable bonds is 3. The molecule has 0 aromatic rings. The molecule has 0 saturated carbocycles. The van der Waals surface area contributed by atoms with Gasteiger partial charge in [-0.15, -0.1) is 0 Å². The van der Waals surface area contributed by atoms with E-state index >= 15 is 0 Å². The predicted octanol–water partition coefficient (Wildman–Crippen LogP) is 0.902. The smallest absolute Gasteiger partial charge is 0.153 e. The van der Waals surface area contributed by atoms with Crippen LogP contribution in [-0.2, 0) is 9.84 Å². The largest absolute Gasteiger partial charge is 0.393 e. The molecule has 0 bridgehead atoms. The van der Waals surface area contributed by atoms with Crippen LogP contribution in [0.1, 0.15) is 34.1 Å². The fraction of sp³-hybridized carbons (Fsp3) is 1.00. The van der Waals surface area contributed by atoms with Crippen molar-refractivity contribution in [2.24, 2.45) is 5.41 Å². The van der Waals surface area contributed by atoms with Gasteiger partial charge in [-0.3, -0.25) is 4.90 Å². The molecule has 1 N–H and O–H groups in total. The van der Waals surface area contributed by atoms with Crippen LogP contribution in [0.25, 0.3) is 0 Å². The molecule has 0 radical (unpaired) electrons. The van der Waals surface area contributed by atoms with Crippen molar-refractivity contribution in [2.75, 3.05) is 24.6 Å². The Morgan fingerprint density at radius 1 is 1.41 bits per heavy atom. The van der Waals surface area contributed by atoms with Gasteiger partial charge < -0.3 is 5.11 Å². The number of nitrogens with zero attached hydrogens (tertiary/aromatic N) is 1. The Morgan fingerprint density at radius 2 is 2.00 bits per heavy atom. The van der Waals surface area contributed by atoms with Gasteiger partial charge in [0, 0.05) is 19.1 Å². The summed E-state index contributed by atoms with van der Waals surface area (Å²) in [5, 5.41) is 9.96. The molecular weight excluding hydrogens is 238 g/mol. The summed E-state index contributed by atoms with van der Waals surface area (Å²) in [5.74, 6) is 0.502. The van der Waals surface area contributed by atoms with Crippen molar-refractivity contribution in [3.8, 4) is 0 Å². The van der Waals surface area contributed by atoms with Crippen LogP contribution in [0.5, 0.6) is 0 Å². The van der Waals surface area contributed by atoms with Gasteiger partial charge in [0.1, 0.15) is 0 Å². The van der Waals surface area contributed by atoms with E-state index < -0.39 is 9.84 Å². The van der Waals surface area contributed by atoms with Gasteiger partial charge in [-0.1, -0.05) is 20.8 Å². The van der Waals surface area contributed by atoms with E-state index in [0.717, 1.165) is 6.54 Å². The number of hydrogen-bond donors (Lipinski definition) is 1. The van der Waals surface area contributed by atoms with Crippen molar-refractivity contribution < 1.29 is 13.5 Å². The molecule has 1 rings (SSSR count). The molecule has 2 unspecified atom stereocenters. The van der Waals surface area contributed by atoms with Gasteiger partial charge >= 0.3 is 0 Å². The summed E-state index contributed by atoms with van der Waals surface area (Å²) >= 11 is 0. The fourth-order valence-corrected chi connectivity index (χ4v) is 3.71. The van der Waals surface area contributed by atoms with E-state index in [2.05, 4.69) is 4.90 Å². The van der Waals surface area contributed by atoms with Gasteiger partial charge in [0.05, 0.1) is 17.6 Å². The van der Waals surface area contributed by atoms with E-state index in [1.165, 1.54) is 0 Å². The maximum absolute atomic E-state index is 11.4.